The van der Waals surface area contributed by atoms with Crippen LogP contribution in [-0.2, 0) is 13.6 Å². The lowest BCUT2D eigenvalue weighted by atomic mass is 10.1. The maximum Gasteiger partial charge on any atom is 0.329 e. The predicted molar refractivity (Wildman–Crippen MR) is 134 cm³/mol. The summed E-state index contributed by atoms with van der Waals surface area (Å²) in [4.78, 5) is 31.4. The van der Waals surface area contributed by atoms with Crippen molar-refractivity contribution in [2.75, 3.05) is 12.0 Å². The summed E-state index contributed by atoms with van der Waals surface area (Å²) >= 11 is 3.36. The molecule has 10 nitrogen and oxygen atoms in total. The molecule has 4 rings (SSSR count). The smallest absolute Gasteiger partial charge is 0.329 e. The van der Waals surface area contributed by atoms with Gasteiger partial charge < -0.3 is 14.4 Å². The molecule has 11 heteroatoms. The highest BCUT2D eigenvalue weighted by molar-refractivity contribution is 9.10. The molecule has 0 fully saturated rings. The molecule has 2 aromatic heterocycles. The number of halogens is 1. The Bertz CT molecular complexity index is 1440. The van der Waals surface area contributed by atoms with Crippen LogP contribution in [0.3, 0.4) is 0 Å². The summed E-state index contributed by atoms with van der Waals surface area (Å²) in [7, 11) is 1.51. The SMILES string of the molecule is CC(=NNc1nc2c(c(=O)[nH]c(=O)n2C)n1CC(O)COc1ccc(Br)cc1)c1ccccc1. The van der Waals surface area contributed by atoms with Crippen LogP contribution >= 0.6 is 15.9 Å². The summed E-state index contributed by atoms with van der Waals surface area (Å²) in [5.41, 5.74) is 3.59. The number of anilines is 1. The van der Waals surface area contributed by atoms with Crippen LogP contribution in [0, 0.1) is 0 Å². The van der Waals surface area contributed by atoms with Gasteiger partial charge in [0, 0.05) is 11.5 Å². The molecule has 176 valence electrons. The number of hydrogen-bond acceptors (Lipinski definition) is 7. The first-order valence-electron chi connectivity index (χ1n) is 10.4. The Kier molecular flexibility index (Phi) is 6.94. The minimum absolute atomic E-state index is 0.0171. The topological polar surface area (TPSA) is 127 Å². The zero-order chi connectivity index (χ0) is 24.2. The molecule has 4 aromatic rings. The van der Waals surface area contributed by atoms with Gasteiger partial charge in [-0.1, -0.05) is 46.3 Å². The monoisotopic (exact) mass is 526 g/mol. The molecular formula is C23H23BrN6O4. The Morgan fingerprint density at radius 3 is 2.62 bits per heavy atom. The van der Waals surface area contributed by atoms with Gasteiger partial charge in [0.25, 0.3) is 5.56 Å². The first kappa shape index (κ1) is 23.5. The van der Waals surface area contributed by atoms with Crippen LogP contribution in [0.15, 0.2) is 73.8 Å². The van der Waals surface area contributed by atoms with Crippen molar-refractivity contribution in [2.45, 2.75) is 19.6 Å². The molecule has 0 bridgehead atoms. The number of aliphatic hydroxyl groups is 1. The summed E-state index contributed by atoms with van der Waals surface area (Å²) in [5, 5.41) is 15.0. The zero-order valence-electron chi connectivity index (χ0n) is 18.5. The van der Waals surface area contributed by atoms with Crippen molar-refractivity contribution in [2.24, 2.45) is 12.1 Å². The Hall–Kier alpha value is -3.70. The molecule has 0 saturated heterocycles. The lowest BCUT2D eigenvalue weighted by molar-refractivity contribution is 0.0938. The third kappa shape index (κ3) is 5.10. The second-order valence-electron chi connectivity index (χ2n) is 7.63. The van der Waals surface area contributed by atoms with Crippen molar-refractivity contribution in [1.29, 1.82) is 0 Å². The van der Waals surface area contributed by atoms with Crippen molar-refractivity contribution < 1.29 is 9.84 Å². The number of benzene rings is 2. The molecule has 0 amide bonds. The molecule has 0 aliphatic rings. The molecule has 0 aliphatic carbocycles. The Labute approximate surface area is 202 Å². The van der Waals surface area contributed by atoms with E-state index in [0.29, 0.717) is 11.5 Å². The molecule has 3 N–H and O–H groups in total. The van der Waals surface area contributed by atoms with Crippen LogP contribution in [0.1, 0.15) is 12.5 Å². The average molecular weight is 527 g/mol. The number of hydrogen-bond donors (Lipinski definition) is 3. The van der Waals surface area contributed by atoms with Crippen LogP contribution in [0.2, 0.25) is 0 Å². The maximum atomic E-state index is 12.6. The number of hydrazone groups is 1. The van der Waals surface area contributed by atoms with Gasteiger partial charge in [-0.15, -0.1) is 0 Å². The first-order valence-corrected chi connectivity index (χ1v) is 11.2. The second-order valence-corrected chi connectivity index (χ2v) is 8.55. The number of fused-ring (bicyclic) bond motifs is 1. The van der Waals surface area contributed by atoms with Gasteiger partial charge in [0.2, 0.25) is 5.95 Å². The summed E-state index contributed by atoms with van der Waals surface area (Å²) < 4.78 is 9.30. The molecular weight excluding hydrogens is 504 g/mol. The molecule has 0 radical (unpaired) electrons. The number of H-pyrrole nitrogens is 1. The number of aryl methyl sites for hydroxylation is 1. The molecule has 1 unspecified atom stereocenters. The van der Waals surface area contributed by atoms with Crippen molar-refractivity contribution >= 4 is 38.8 Å². The van der Waals surface area contributed by atoms with E-state index in [1.54, 1.807) is 12.1 Å². The van der Waals surface area contributed by atoms with E-state index in [-0.39, 0.29) is 30.3 Å². The summed E-state index contributed by atoms with van der Waals surface area (Å²) in [6, 6.07) is 16.8. The summed E-state index contributed by atoms with van der Waals surface area (Å²) in [5.74, 6) is 0.805. The van der Waals surface area contributed by atoms with Crippen molar-refractivity contribution in [3.05, 3.63) is 85.5 Å². The third-order valence-electron chi connectivity index (χ3n) is 5.17. The van der Waals surface area contributed by atoms with Crippen LogP contribution in [-0.4, -0.2) is 42.6 Å². The number of rotatable bonds is 8. The predicted octanol–water partition coefficient (Wildman–Crippen LogP) is 2.46. The fraction of sp³-hybridized carbons (Fsp3) is 0.217. The van der Waals surface area contributed by atoms with Crippen molar-refractivity contribution in [3.8, 4) is 5.75 Å². The van der Waals surface area contributed by atoms with E-state index in [2.05, 4.69) is 36.4 Å². The third-order valence-corrected chi connectivity index (χ3v) is 5.70. The second kappa shape index (κ2) is 10.1. The highest BCUT2D eigenvalue weighted by Crippen LogP contribution is 2.19. The van der Waals surface area contributed by atoms with Crippen molar-refractivity contribution in [1.82, 2.24) is 19.1 Å². The average Bonchev–Trinajstić information content (AvgIpc) is 3.20. The van der Waals surface area contributed by atoms with Gasteiger partial charge in [0.05, 0.1) is 12.3 Å². The van der Waals surface area contributed by atoms with E-state index in [1.807, 2.05) is 49.4 Å². The number of nitrogens with zero attached hydrogens (tertiary/aromatic N) is 4. The van der Waals surface area contributed by atoms with E-state index in [9.17, 15) is 14.7 Å². The lowest BCUT2D eigenvalue weighted by Gasteiger charge is -2.15. The van der Waals surface area contributed by atoms with Gasteiger partial charge in [-0.25, -0.2) is 10.2 Å². The van der Waals surface area contributed by atoms with Crippen LogP contribution in [0.25, 0.3) is 11.2 Å². The fourth-order valence-corrected chi connectivity index (χ4v) is 3.63. The molecule has 0 spiro atoms. The van der Waals surface area contributed by atoms with E-state index in [1.165, 1.54) is 16.2 Å². The molecule has 34 heavy (non-hydrogen) atoms. The Morgan fingerprint density at radius 1 is 1.21 bits per heavy atom. The van der Waals surface area contributed by atoms with Gasteiger partial charge >= 0.3 is 5.69 Å². The highest BCUT2D eigenvalue weighted by atomic mass is 79.9. The number of nitrogens with one attached hydrogen (secondary N) is 2. The van der Waals surface area contributed by atoms with Gasteiger partial charge in [-0.2, -0.15) is 10.1 Å². The van der Waals surface area contributed by atoms with Gasteiger partial charge in [0.15, 0.2) is 11.2 Å². The normalized spacial score (nSPS) is 12.6. The first-order chi connectivity index (χ1) is 16.3. The lowest BCUT2D eigenvalue weighted by Crippen LogP contribution is -2.30. The number of imidazole rings is 1. The summed E-state index contributed by atoms with van der Waals surface area (Å²) in [6.07, 6.45) is -0.975. The largest absolute Gasteiger partial charge is 0.491 e. The van der Waals surface area contributed by atoms with Crippen molar-refractivity contribution in [3.63, 3.8) is 0 Å². The van der Waals surface area contributed by atoms with Crippen LogP contribution in [0.5, 0.6) is 5.75 Å². The fourth-order valence-electron chi connectivity index (χ4n) is 3.36. The maximum absolute atomic E-state index is 12.6. The highest BCUT2D eigenvalue weighted by Gasteiger charge is 2.20. The minimum Gasteiger partial charge on any atom is -0.491 e. The minimum atomic E-state index is -0.975. The number of aromatic nitrogens is 4. The molecule has 2 heterocycles. The van der Waals surface area contributed by atoms with Gasteiger partial charge in [-0.3, -0.25) is 14.3 Å². The zero-order valence-corrected chi connectivity index (χ0v) is 20.1. The molecule has 0 saturated carbocycles. The Morgan fingerprint density at radius 2 is 1.91 bits per heavy atom. The Balaban J connectivity index is 1.64. The van der Waals surface area contributed by atoms with Crippen LogP contribution < -0.4 is 21.4 Å². The van der Waals surface area contributed by atoms with Gasteiger partial charge in [0.1, 0.15) is 18.5 Å². The summed E-state index contributed by atoms with van der Waals surface area (Å²) in [6.45, 7) is 1.80. The van der Waals surface area contributed by atoms with E-state index < -0.39 is 17.4 Å². The number of ether oxygens (including phenoxy) is 1. The standard InChI is InChI=1S/C23H23BrN6O4/c1-14(15-6-4-3-5-7-15)27-28-22-25-20-19(21(32)26-23(33)29(20)2)30(22)12-17(31)13-34-18-10-8-16(24)9-11-18/h3-11,17,31H,12-13H2,1-2H3,(H,25,28)(H,26,32,33). The molecule has 0 aliphatic heterocycles. The molecule has 2 aromatic carbocycles. The number of aliphatic hydroxyl groups excluding tert-OH is 1. The van der Waals surface area contributed by atoms with Gasteiger partial charge in [-0.05, 0) is 36.8 Å². The van der Waals surface area contributed by atoms with E-state index >= 15 is 0 Å². The number of aromatic amines is 1. The molecule has 1 atom stereocenters. The van der Waals surface area contributed by atoms with E-state index in [0.717, 1.165) is 10.0 Å². The van der Waals surface area contributed by atoms with Crippen LogP contribution in [0.4, 0.5) is 5.95 Å². The quantitative estimate of drug-likeness (QED) is 0.239. The van der Waals surface area contributed by atoms with E-state index in [4.69, 9.17) is 4.74 Å².